The normalized spacial score (nSPS) is 23.1. The van der Waals surface area contributed by atoms with Gasteiger partial charge in [0.2, 0.25) is 17.7 Å². The van der Waals surface area contributed by atoms with Gasteiger partial charge in [-0.3, -0.25) is 4.79 Å². The van der Waals surface area contributed by atoms with E-state index < -0.39 is 5.92 Å². The van der Waals surface area contributed by atoms with Crippen molar-refractivity contribution in [1.29, 1.82) is 0 Å². The molecule has 0 radical (unpaired) electrons. The van der Waals surface area contributed by atoms with Gasteiger partial charge in [0.25, 0.3) is 0 Å². The zero-order chi connectivity index (χ0) is 19.7. The topological polar surface area (TPSA) is 98.2 Å². The fourth-order valence-electron chi connectivity index (χ4n) is 4.01. The summed E-state index contributed by atoms with van der Waals surface area (Å²) in [4.78, 5) is 18.6. The van der Waals surface area contributed by atoms with Gasteiger partial charge in [-0.05, 0) is 32.6 Å². The Morgan fingerprint density at radius 1 is 1.18 bits per heavy atom. The van der Waals surface area contributed by atoms with Gasteiger partial charge in [-0.2, -0.15) is 4.98 Å². The maximum atomic E-state index is 13.6. The highest BCUT2D eigenvalue weighted by Crippen LogP contribution is 2.41. The van der Waals surface area contributed by atoms with Crippen molar-refractivity contribution in [3.05, 3.63) is 23.1 Å². The van der Waals surface area contributed by atoms with Gasteiger partial charge in [-0.1, -0.05) is 15.5 Å². The van der Waals surface area contributed by atoms with Crippen molar-refractivity contribution < 1.29 is 22.7 Å². The highest BCUT2D eigenvalue weighted by atomic mass is 19.3. The van der Waals surface area contributed by atoms with E-state index in [9.17, 15) is 13.6 Å². The van der Waals surface area contributed by atoms with Crippen molar-refractivity contribution in [2.75, 3.05) is 13.1 Å². The van der Waals surface area contributed by atoms with Crippen molar-refractivity contribution >= 4 is 5.91 Å². The molecule has 0 bridgehead atoms. The zero-order valence-corrected chi connectivity index (χ0v) is 15.7. The van der Waals surface area contributed by atoms with Crippen LogP contribution in [0.15, 0.2) is 9.15 Å². The molecule has 1 aliphatic heterocycles. The molecule has 8 nitrogen and oxygen atoms in total. The summed E-state index contributed by atoms with van der Waals surface area (Å²) in [5.41, 5.74) is 1.17. The van der Waals surface area contributed by atoms with Crippen LogP contribution < -0.4 is 0 Å². The van der Waals surface area contributed by atoms with E-state index in [0.29, 0.717) is 61.9 Å². The van der Waals surface area contributed by atoms with E-state index in [2.05, 4.69) is 25.1 Å². The summed E-state index contributed by atoms with van der Waals surface area (Å²) in [7, 11) is 0. The second-order valence-electron chi connectivity index (χ2n) is 7.77. The lowest BCUT2D eigenvalue weighted by Gasteiger charge is -2.30. The molecule has 28 heavy (non-hydrogen) atoms. The number of nitrogens with zero attached hydrogens (tertiary/aromatic N) is 5. The van der Waals surface area contributed by atoms with Crippen molar-refractivity contribution in [2.24, 2.45) is 0 Å². The number of likely N-dealkylation sites (tertiary alicyclic amines) is 1. The fourth-order valence-corrected chi connectivity index (χ4v) is 4.01. The third kappa shape index (κ3) is 4.05. The van der Waals surface area contributed by atoms with E-state index in [-0.39, 0.29) is 37.0 Å². The number of aryl methyl sites for hydroxylation is 1. The summed E-state index contributed by atoms with van der Waals surface area (Å²) < 4.78 is 37.3. The first-order valence-electron chi connectivity index (χ1n) is 9.68. The second kappa shape index (κ2) is 7.56. The first-order valence-corrected chi connectivity index (χ1v) is 9.68. The largest absolute Gasteiger partial charge is 0.342 e. The molecule has 10 heteroatoms. The molecule has 2 aliphatic rings. The van der Waals surface area contributed by atoms with Crippen molar-refractivity contribution in [2.45, 2.75) is 69.6 Å². The van der Waals surface area contributed by atoms with E-state index in [1.807, 2.05) is 0 Å². The van der Waals surface area contributed by atoms with Gasteiger partial charge in [0, 0.05) is 37.8 Å². The molecule has 1 amide bonds. The number of piperidine rings is 1. The van der Waals surface area contributed by atoms with Gasteiger partial charge < -0.3 is 9.42 Å². The summed E-state index contributed by atoms with van der Waals surface area (Å²) in [5, 5.41) is 11.4. The van der Waals surface area contributed by atoms with Crippen LogP contribution in [0.5, 0.6) is 0 Å². The van der Waals surface area contributed by atoms with E-state index in [1.54, 1.807) is 11.8 Å². The number of carbonyl (C=O) groups excluding carboxylic acids is 1. The van der Waals surface area contributed by atoms with Gasteiger partial charge in [-0.25, -0.2) is 13.4 Å². The Morgan fingerprint density at radius 3 is 2.64 bits per heavy atom. The molecule has 0 spiro atoms. The summed E-state index contributed by atoms with van der Waals surface area (Å²) in [5.74, 6) is -2.08. The van der Waals surface area contributed by atoms with Gasteiger partial charge >= 0.3 is 0 Å². The molecule has 1 atom stereocenters. The maximum Gasteiger partial charge on any atom is 0.248 e. The average Bonchev–Trinajstić information content (AvgIpc) is 3.31. The highest BCUT2D eigenvalue weighted by Gasteiger charge is 2.39. The van der Waals surface area contributed by atoms with Gasteiger partial charge in [0.05, 0.1) is 6.42 Å². The van der Waals surface area contributed by atoms with Crippen molar-refractivity contribution in [3.8, 4) is 0 Å². The monoisotopic (exact) mass is 395 g/mol. The lowest BCUT2D eigenvalue weighted by atomic mass is 9.86. The van der Waals surface area contributed by atoms with Crippen LogP contribution in [0.3, 0.4) is 0 Å². The van der Waals surface area contributed by atoms with Crippen molar-refractivity contribution in [3.63, 3.8) is 0 Å². The van der Waals surface area contributed by atoms with E-state index >= 15 is 0 Å². The first kappa shape index (κ1) is 18.9. The second-order valence-corrected chi connectivity index (χ2v) is 7.77. The summed E-state index contributed by atoms with van der Waals surface area (Å²) in [6.45, 7) is 2.90. The van der Waals surface area contributed by atoms with Gasteiger partial charge in [0.15, 0.2) is 5.82 Å². The molecule has 0 aromatic carbocycles. The lowest BCUT2D eigenvalue weighted by molar-refractivity contribution is -0.131. The minimum atomic E-state index is -2.65. The Bertz CT molecular complexity index is 829. The number of amides is 1. The first-order chi connectivity index (χ1) is 13.4. The van der Waals surface area contributed by atoms with Crippen LogP contribution in [-0.4, -0.2) is 50.3 Å². The minimum absolute atomic E-state index is 0.0205. The maximum absolute atomic E-state index is 13.6. The standard InChI is InChI=1S/C18H23F2N5O3/c1-11-14(23-28-22-11)9-15(26)25-7-4-12(5-8-25)17-21-16(24-27-17)13-3-2-6-18(19,20)10-13/h12-13H,2-10H2,1H3. The van der Waals surface area contributed by atoms with Crippen LogP contribution in [0.1, 0.15) is 73.5 Å². The Labute approximate surface area is 160 Å². The van der Waals surface area contributed by atoms with Crippen LogP contribution in [0, 0.1) is 6.92 Å². The smallest absolute Gasteiger partial charge is 0.248 e. The molecule has 4 rings (SSSR count). The molecule has 1 saturated heterocycles. The van der Waals surface area contributed by atoms with Crippen molar-refractivity contribution in [1.82, 2.24) is 25.4 Å². The zero-order valence-electron chi connectivity index (χ0n) is 15.7. The quantitative estimate of drug-likeness (QED) is 0.785. The van der Waals surface area contributed by atoms with Gasteiger partial charge in [0.1, 0.15) is 11.4 Å². The van der Waals surface area contributed by atoms with E-state index in [4.69, 9.17) is 4.52 Å². The number of carbonyl (C=O) groups is 1. The molecule has 1 unspecified atom stereocenters. The number of hydrogen-bond donors (Lipinski definition) is 0. The summed E-state index contributed by atoms with van der Waals surface area (Å²) in [6.07, 6.45) is 2.43. The number of halogens is 2. The summed E-state index contributed by atoms with van der Waals surface area (Å²) in [6, 6.07) is 0. The third-order valence-electron chi connectivity index (χ3n) is 5.72. The number of hydrogen-bond acceptors (Lipinski definition) is 7. The molecule has 2 aromatic rings. The van der Waals surface area contributed by atoms with Crippen LogP contribution in [0.25, 0.3) is 0 Å². The number of alkyl halides is 2. The molecule has 1 aliphatic carbocycles. The molecule has 2 fully saturated rings. The molecular formula is C18H23F2N5O3. The number of aromatic nitrogens is 4. The van der Waals surface area contributed by atoms with E-state index in [1.165, 1.54) is 0 Å². The van der Waals surface area contributed by atoms with Crippen LogP contribution in [0.2, 0.25) is 0 Å². The Kier molecular flexibility index (Phi) is 5.11. The number of rotatable bonds is 4. The molecular weight excluding hydrogens is 372 g/mol. The van der Waals surface area contributed by atoms with Crippen LogP contribution >= 0.6 is 0 Å². The van der Waals surface area contributed by atoms with E-state index in [0.717, 1.165) is 0 Å². The molecule has 0 N–H and O–H groups in total. The molecule has 152 valence electrons. The third-order valence-corrected chi connectivity index (χ3v) is 5.72. The Balaban J connectivity index is 1.32. The lowest BCUT2D eigenvalue weighted by Crippen LogP contribution is -2.39. The molecule has 1 saturated carbocycles. The summed E-state index contributed by atoms with van der Waals surface area (Å²) >= 11 is 0. The average molecular weight is 395 g/mol. The predicted octanol–water partition coefficient (Wildman–Crippen LogP) is 3.00. The highest BCUT2D eigenvalue weighted by molar-refractivity contribution is 5.78. The predicted molar refractivity (Wildman–Crippen MR) is 91.7 cm³/mol. The Hall–Kier alpha value is -2.39. The Morgan fingerprint density at radius 2 is 1.96 bits per heavy atom. The van der Waals surface area contributed by atoms with Gasteiger partial charge in [-0.15, -0.1) is 0 Å². The van der Waals surface area contributed by atoms with Crippen LogP contribution in [-0.2, 0) is 11.2 Å². The SMILES string of the molecule is Cc1nonc1CC(=O)N1CCC(c2nc(C3CCCC(F)(F)C3)no2)CC1. The van der Waals surface area contributed by atoms with Crippen LogP contribution in [0.4, 0.5) is 8.78 Å². The molecule has 2 aromatic heterocycles. The minimum Gasteiger partial charge on any atom is -0.342 e. The fraction of sp³-hybridized carbons (Fsp3) is 0.722. The molecule has 3 heterocycles.